The van der Waals surface area contributed by atoms with Gasteiger partial charge in [0, 0.05) is 22.8 Å². The van der Waals surface area contributed by atoms with Crippen molar-refractivity contribution in [3.8, 4) is 5.75 Å². The zero-order valence-corrected chi connectivity index (χ0v) is 11.8. The molecule has 0 saturated carbocycles. The first-order valence-corrected chi connectivity index (χ1v) is 6.52. The summed E-state index contributed by atoms with van der Waals surface area (Å²) in [5, 5.41) is 0. The van der Waals surface area contributed by atoms with E-state index in [1.54, 1.807) is 6.20 Å². The average molecular weight is 307 g/mol. The van der Waals surface area contributed by atoms with E-state index >= 15 is 0 Å². The number of nitrogens with zero attached hydrogens (tertiary/aromatic N) is 1. The lowest BCUT2D eigenvalue weighted by Crippen LogP contribution is -2.07. The number of rotatable bonds is 4. The molecule has 18 heavy (non-hydrogen) atoms. The second-order valence-electron chi connectivity index (χ2n) is 4.01. The van der Waals surface area contributed by atoms with Crippen molar-refractivity contribution in [1.29, 1.82) is 0 Å². The van der Waals surface area contributed by atoms with Crippen molar-refractivity contribution in [3.63, 3.8) is 0 Å². The molecule has 2 aromatic rings. The van der Waals surface area contributed by atoms with Crippen LogP contribution in [-0.4, -0.2) is 4.98 Å². The van der Waals surface area contributed by atoms with E-state index in [0.717, 1.165) is 27.0 Å². The first-order chi connectivity index (χ1) is 8.70. The van der Waals surface area contributed by atoms with Gasteiger partial charge >= 0.3 is 0 Å². The molecule has 94 valence electrons. The van der Waals surface area contributed by atoms with Crippen LogP contribution in [0, 0.1) is 6.92 Å². The Morgan fingerprint density at radius 2 is 2.17 bits per heavy atom. The molecule has 0 bridgehead atoms. The maximum absolute atomic E-state index is 5.82. The van der Waals surface area contributed by atoms with Crippen molar-refractivity contribution in [3.05, 3.63) is 57.8 Å². The third kappa shape index (κ3) is 3.09. The van der Waals surface area contributed by atoms with E-state index in [1.165, 1.54) is 0 Å². The molecular formula is C14H15BrN2O. The van der Waals surface area contributed by atoms with E-state index in [4.69, 9.17) is 10.5 Å². The van der Waals surface area contributed by atoms with Crippen LogP contribution < -0.4 is 10.5 Å². The van der Waals surface area contributed by atoms with Crippen LogP contribution in [0.15, 0.2) is 41.0 Å². The molecule has 3 nitrogen and oxygen atoms in total. The average Bonchev–Trinajstić information content (AvgIpc) is 2.40. The number of halogens is 1. The highest BCUT2D eigenvalue weighted by Crippen LogP contribution is 2.24. The fraction of sp³-hybridized carbons (Fsp3) is 0.214. The smallest absolute Gasteiger partial charge is 0.123 e. The van der Waals surface area contributed by atoms with E-state index in [2.05, 4.69) is 20.9 Å². The van der Waals surface area contributed by atoms with Crippen LogP contribution in [0.4, 0.5) is 0 Å². The van der Waals surface area contributed by atoms with Crippen molar-refractivity contribution < 1.29 is 4.74 Å². The molecule has 2 rings (SSSR count). The molecule has 0 aliphatic carbocycles. The standard InChI is InChI=1S/C14H15BrN2O/c1-10-4-5-12(15)7-14(10)18-9-11-3-2-6-17-13(11)8-16/h2-7H,8-9,16H2,1H3. The van der Waals surface area contributed by atoms with Gasteiger partial charge in [0.05, 0.1) is 5.69 Å². The summed E-state index contributed by atoms with van der Waals surface area (Å²) in [5.41, 5.74) is 8.66. The summed E-state index contributed by atoms with van der Waals surface area (Å²) >= 11 is 3.44. The quantitative estimate of drug-likeness (QED) is 0.943. The summed E-state index contributed by atoms with van der Waals surface area (Å²) in [6.45, 7) is 2.93. The minimum atomic E-state index is 0.428. The number of aryl methyl sites for hydroxylation is 1. The van der Waals surface area contributed by atoms with Crippen molar-refractivity contribution in [1.82, 2.24) is 4.98 Å². The van der Waals surface area contributed by atoms with Crippen molar-refractivity contribution >= 4 is 15.9 Å². The van der Waals surface area contributed by atoms with E-state index in [1.807, 2.05) is 37.3 Å². The van der Waals surface area contributed by atoms with Gasteiger partial charge in [-0.15, -0.1) is 0 Å². The highest BCUT2D eigenvalue weighted by Gasteiger charge is 2.04. The first kappa shape index (κ1) is 13.1. The Morgan fingerprint density at radius 1 is 1.33 bits per heavy atom. The van der Waals surface area contributed by atoms with Crippen LogP contribution in [0.2, 0.25) is 0 Å². The van der Waals surface area contributed by atoms with Gasteiger partial charge in [-0.05, 0) is 30.7 Å². The summed E-state index contributed by atoms with van der Waals surface area (Å²) in [4.78, 5) is 4.24. The van der Waals surface area contributed by atoms with Gasteiger partial charge in [0.2, 0.25) is 0 Å². The molecule has 1 heterocycles. The molecule has 0 amide bonds. The number of hydrogen-bond acceptors (Lipinski definition) is 3. The van der Waals surface area contributed by atoms with Crippen LogP contribution in [0.3, 0.4) is 0 Å². The number of benzene rings is 1. The lowest BCUT2D eigenvalue weighted by Gasteiger charge is -2.11. The predicted octanol–water partition coefficient (Wildman–Crippen LogP) is 3.19. The minimum Gasteiger partial charge on any atom is -0.489 e. The lowest BCUT2D eigenvalue weighted by atomic mass is 10.2. The van der Waals surface area contributed by atoms with Crippen LogP contribution >= 0.6 is 15.9 Å². The Balaban J connectivity index is 2.14. The van der Waals surface area contributed by atoms with Crippen LogP contribution in [-0.2, 0) is 13.2 Å². The fourth-order valence-electron chi connectivity index (χ4n) is 1.67. The molecule has 0 radical (unpaired) electrons. The van der Waals surface area contributed by atoms with Gasteiger partial charge in [0.1, 0.15) is 12.4 Å². The fourth-order valence-corrected chi connectivity index (χ4v) is 2.01. The highest BCUT2D eigenvalue weighted by molar-refractivity contribution is 9.10. The Hall–Kier alpha value is -1.39. The molecule has 0 unspecified atom stereocenters. The SMILES string of the molecule is Cc1ccc(Br)cc1OCc1cccnc1CN. The van der Waals surface area contributed by atoms with Gasteiger partial charge in [-0.25, -0.2) is 0 Å². The molecule has 2 N–H and O–H groups in total. The largest absolute Gasteiger partial charge is 0.489 e. The summed E-state index contributed by atoms with van der Waals surface area (Å²) < 4.78 is 6.83. The summed E-state index contributed by atoms with van der Waals surface area (Å²) in [6, 6.07) is 9.87. The molecule has 0 atom stereocenters. The van der Waals surface area contributed by atoms with Gasteiger partial charge in [-0.3, -0.25) is 4.98 Å². The monoisotopic (exact) mass is 306 g/mol. The van der Waals surface area contributed by atoms with Gasteiger partial charge in [0.25, 0.3) is 0 Å². The lowest BCUT2D eigenvalue weighted by molar-refractivity contribution is 0.302. The molecule has 1 aromatic heterocycles. The van der Waals surface area contributed by atoms with E-state index < -0.39 is 0 Å². The molecule has 0 saturated heterocycles. The van der Waals surface area contributed by atoms with E-state index in [9.17, 15) is 0 Å². The normalized spacial score (nSPS) is 10.4. The third-order valence-electron chi connectivity index (χ3n) is 2.71. The number of pyridine rings is 1. The van der Waals surface area contributed by atoms with E-state index in [0.29, 0.717) is 13.2 Å². The molecule has 4 heteroatoms. The molecule has 0 aliphatic heterocycles. The predicted molar refractivity (Wildman–Crippen MR) is 75.3 cm³/mol. The second kappa shape index (κ2) is 5.98. The van der Waals surface area contributed by atoms with Crippen molar-refractivity contribution in [2.24, 2.45) is 5.73 Å². The van der Waals surface area contributed by atoms with Crippen LogP contribution in [0.5, 0.6) is 5.75 Å². The Labute approximate surface area is 115 Å². The number of hydrogen-bond donors (Lipinski definition) is 1. The van der Waals surface area contributed by atoms with Gasteiger partial charge in [-0.1, -0.05) is 28.1 Å². The van der Waals surface area contributed by atoms with Gasteiger partial charge < -0.3 is 10.5 Å². The Kier molecular flexibility index (Phi) is 4.33. The van der Waals surface area contributed by atoms with Crippen LogP contribution in [0.25, 0.3) is 0 Å². The first-order valence-electron chi connectivity index (χ1n) is 5.72. The third-order valence-corrected chi connectivity index (χ3v) is 3.20. The zero-order chi connectivity index (χ0) is 13.0. The van der Waals surface area contributed by atoms with E-state index in [-0.39, 0.29) is 0 Å². The number of aromatic nitrogens is 1. The van der Waals surface area contributed by atoms with Crippen LogP contribution in [0.1, 0.15) is 16.8 Å². The molecule has 0 aliphatic rings. The maximum Gasteiger partial charge on any atom is 0.123 e. The van der Waals surface area contributed by atoms with Crippen molar-refractivity contribution in [2.45, 2.75) is 20.1 Å². The second-order valence-corrected chi connectivity index (χ2v) is 4.93. The minimum absolute atomic E-state index is 0.428. The number of nitrogens with two attached hydrogens (primary N) is 1. The van der Waals surface area contributed by atoms with Crippen molar-refractivity contribution in [2.75, 3.05) is 0 Å². The summed E-state index contributed by atoms with van der Waals surface area (Å²) in [7, 11) is 0. The summed E-state index contributed by atoms with van der Waals surface area (Å²) in [5.74, 6) is 0.871. The Bertz CT molecular complexity index is 543. The maximum atomic E-state index is 5.82. The van der Waals surface area contributed by atoms with Gasteiger partial charge in [-0.2, -0.15) is 0 Å². The molecule has 1 aromatic carbocycles. The molecule has 0 spiro atoms. The van der Waals surface area contributed by atoms with Gasteiger partial charge in [0.15, 0.2) is 0 Å². The zero-order valence-electron chi connectivity index (χ0n) is 10.2. The topological polar surface area (TPSA) is 48.1 Å². The molecule has 0 fully saturated rings. The highest BCUT2D eigenvalue weighted by atomic mass is 79.9. The number of ether oxygens (including phenoxy) is 1. The Morgan fingerprint density at radius 3 is 2.94 bits per heavy atom. The molecular weight excluding hydrogens is 292 g/mol. The summed E-state index contributed by atoms with van der Waals surface area (Å²) in [6.07, 6.45) is 1.75.